The van der Waals surface area contributed by atoms with Crippen molar-refractivity contribution in [2.75, 3.05) is 11.6 Å². The van der Waals surface area contributed by atoms with Crippen molar-refractivity contribution in [3.05, 3.63) is 83.1 Å². The largest absolute Gasteiger partial charge is 0.444 e. The third-order valence-corrected chi connectivity index (χ3v) is 4.72. The lowest BCUT2D eigenvalue weighted by Crippen LogP contribution is -2.26. The van der Waals surface area contributed by atoms with Crippen molar-refractivity contribution in [3.63, 3.8) is 0 Å². The van der Waals surface area contributed by atoms with Gasteiger partial charge in [0.2, 0.25) is 6.10 Å². The van der Waals surface area contributed by atoms with Gasteiger partial charge in [0, 0.05) is 34.4 Å². The molecular weight excluding hydrogens is 392 g/mol. The molecule has 0 fully saturated rings. The second-order valence-electron chi connectivity index (χ2n) is 6.43. The summed E-state index contributed by atoms with van der Waals surface area (Å²) in [6, 6.07) is 16.9. The van der Waals surface area contributed by atoms with E-state index in [4.69, 9.17) is 9.26 Å². The van der Waals surface area contributed by atoms with E-state index in [0.29, 0.717) is 17.1 Å². The minimum atomic E-state index is -1.18. The quantitative estimate of drug-likeness (QED) is 0.597. The average Bonchev–Trinajstić information content (AvgIpc) is 3.10. The summed E-state index contributed by atoms with van der Waals surface area (Å²) in [5.74, 6) is -0.108. The Morgan fingerprint density at radius 2 is 1.90 bits per heavy atom. The molecular formula is C21H20N2O5S. The van der Waals surface area contributed by atoms with Gasteiger partial charge in [0.05, 0.1) is 5.56 Å². The zero-order chi connectivity index (χ0) is 20.8. The summed E-state index contributed by atoms with van der Waals surface area (Å²) in [6.45, 7) is 1.70. The van der Waals surface area contributed by atoms with Gasteiger partial charge in [-0.05, 0) is 24.6 Å². The molecule has 2 atom stereocenters. The number of carbonyl (C=O) groups is 2. The van der Waals surface area contributed by atoms with Crippen molar-refractivity contribution >= 4 is 28.5 Å². The van der Waals surface area contributed by atoms with Crippen LogP contribution in [0.5, 0.6) is 0 Å². The lowest BCUT2D eigenvalue weighted by atomic mass is 10.1. The van der Waals surface area contributed by atoms with Gasteiger partial charge in [0.1, 0.15) is 5.76 Å². The number of esters is 1. The molecule has 0 aliphatic heterocycles. The van der Waals surface area contributed by atoms with E-state index >= 15 is 0 Å². The van der Waals surface area contributed by atoms with E-state index in [-0.39, 0.29) is 11.4 Å². The Kier molecular flexibility index (Phi) is 6.56. The predicted molar refractivity (Wildman–Crippen MR) is 109 cm³/mol. The molecule has 1 aromatic heterocycles. The summed E-state index contributed by atoms with van der Waals surface area (Å²) in [4.78, 5) is 25.5. The van der Waals surface area contributed by atoms with Crippen molar-refractivity contribution in [2.45, 2.75) is 18.8 Å². The maximum Gasteiger partial charge on any atom is 0.339 e. The number of nitrogens with zero attached hydrogens (tertiary/aromatic N) is 1. The number of aromatic nitrogens is 1. The molecule has 7 nitrogen and oxygen atoms in total. The van der Waals surface area contributed by atoms with Crippen LogP contribution in [0.4, 0.5) is 5.82 Å². The molecule has 2 aromatic carbocycles. The molecule has 0 saturated heterocycles. The van der Waals surface area contributed by atoms with Gasteiger partial charge >= 0.3 is 5.97 Å². The number of carbonyl (C=O) groups excluding carboxylic acids is 2. The Morgan fingerprint density at radius 3 is 2.55 bits per heavy atom. The standard InChI is InChI=1S/C21H20N2O5S/c1-14-11-18(23-28-14)22-20(24)19(16-8-4-3-5-9-16)27-21(25)17-10-6-7-15(12-17)13-29(2)26/h3-12,19H,13H2,1-2H3,(H,22,23,24). The van der Waals surface area contributed by atoms with Crippen LogP contribution in [-0.4, -0.2) is 27.5 Å². The monoisotopic (exact) mass is 412 g/mol. The highest BCUT2D eigenvalue weighted by Gasteiger charge is 2.26. The van der Waals surface area contributed by atoms with Crippen LogP contribution < -0.4 is 5.32 Å². The summed E-state index contributed by atoms with van der Waals surface area (Å²) in [6.07, 6.45) is 0.413. The van der Waals surface area contributed by atoms with Gasteiger partial charge in [-0.2, -0.15) is 0 Å². The van der Waals surface area contributed by atoms with Gasteiger partial charge in [-0.15, -0.1) is 0 Å². The molecule has 29 heavy (non-hydrogen) atoms. The summed E-state index contributed by atoms with van der Waals surface area (Å²) in [5.41, 5.74) is 1.54. The lowest BCUT2D eigenvalue weighted by Gasteiger charge is -2.17. The maximum absolute atomic E-state index is 12.8. The normalized spacial score (nSPS) is 12.8. The second-order valence-corrected chi connectivity index (χ2v) is 7.86. The van der Waals surface area contributed by atoms with Gasteiger partial charge in [-0.3, -0.25) is 9.00 Å². The molecule has 1 amide bonds. The highest BCUT2D eigenvalue weighted by molar-refractivity contribution is 7.83. The minimum Gasteiger partial charge on any atom is -0.444 e. The fourth-order valence-corrected chi connectivity index (χ4v) is 3.36. The van der Waals surface area contributed by atoms with E-state index in [1.807, 2.05) is 0 Å². The van der Waals surface area contributed by atoms with E-state index in [2.05, 4.69) is 10.5 Å². The van der Waals surface area contributed by atoms with Crippen LogP contribution in [0.1, 0.15) is 33.3 Å². The Bertz CT molecular complexity index is 1030. The van der Waals surface area contributed by atoms with Crippen molar-refractivity contribution < 1.29 is 23.1 Å². The molecule has 0 radical (unpaired) electrons. The number of aryl methyl sites for hydroxylation is 1. The Balaban J connectivity index is 1.82. The molecule has 0 spiro atoms. The van der Waals surface area contributed by atoms with E-state index < -0.39 is 28.8 Å². The number of ether oxygens (including phenoxy) is 1. The number of anilines is 1. The molecule has 1 heterocycles. The number of hydrogen-bond donors (Lipinski definition) is 1. The van der Waals surface area contributed by atoms with Crippen molar-refractivity contribution in [2.24, 2.45) is 0 Å². The van der Waals surface area contributed by atoms with Gasteiger partial charge in [-0.25, -0.2) is 4.79 Å². The Labute approximate surface area is 170 Å². The SMILES string of the molecule is Cc1cc(NC(=O)C(OC(=O)c2cccc(CS(C)=O)c2)c2ccccc2)no1. The number of benzene rings is 2. The fraction of sp³-hybridized carbons (Fsp3) is 0.190. The second kappa shape index (κ2) is 9.29. The fourth-order valence-electron chi connectivity index (χ4n) is 2.72. The number of nitrogens with one attached hydrogen (secondary N) is 1. The third-order valence-electron chi connectivity index (χ3n) is 3.98. The van der Waals surface area contributed by atoms with Gasteiger partial charge in [0.15, 0.2) is 5.82 Å². The first-order chi connectivity index (χ1) is 13.9. The van der Waals surface area contributed by atoms with Crippen LogP contribution in [-0.2, 0) is 26.1 Å². The highest BCUT2D eigenvalue weighted by atomic mass is 32.2. The van der Waals surface area contributed by atoms with E-state index in [1.54, 1.807) is 73.8 Å². The minimum absolute atomic E-state index is 0.233. The van der Waals surface area contributed by atoms with Gasteiger partial charge in [0.25, 0.3) is 5.91 Å². The molecule has 1 N–H and O–H groups in total. The number of rotatable bonds is 7. The molecule has 0 aliphatic carbocycles. The van der Waals surface area contributed by atoms with Crippen molar-refractivity contribution in [3.8, 4) is 0 Å². The third kappa shape index (κ3) is 5.61. The Morgan fingerprint density at radius 1 is 1.14 bits per heavy atom. The van der Waals surface area contributed by atoms with E-state index in [9.17, 15) is 13.8 Å². The molecule has 0 aliphatic rings. The molecule has 2 unspecified atom stereocenters. The lowest BCUT2D eigenvalue weighted by molar-refractivity contribution is -0.125. The molecule has 8 heteroatoms. The van der Waals surface area contributed by atoms with Crippen LogP contribution in [0.3, 0.4) is 0 Å². The van der Waals surface area contributed by atoms with Crippen LogP contribution in [0.25, 0.3) is 0 Å². The summed E-state index contributed by atoms with van der Waals surface area (Å²) in [7, 11) is -1.04. The predicted octanol–water partition coefficient (Wildman–Crippen LogP) is 3.40. The zero-order valence-corrected chi connectivity index (χ0v) is 16.8. The van der Waals surface area contributed by atoms with Crippen molar-refractivity contribution in [1.82, 2.24) is 5.16 Å². The van der Waals surface area contributed by atoms with E-state index in [0.717, 1.165) is 5.56 Å². The van der Waals surface area contributed by atoms with Crippen LogP contribution in [0.15, 0.2) is 65.2 Å². The molecule has 0 bridgehead atoms. The van der Waals surface area contributed by atoms with E-state index in [1.165, 1.54) is 0 Å². The van der Waals surface area contributed by atoms with Crippen molar-refractivity contribution in [1.29, 1.82) is 0 Å². The van der Waals surface area contributed by atoms with Crippen LogP contribution in [0.2, 0.25) is 0 Å². The summed E-state index contributed by atoms with van der Waals surface area (Å²) >= 11 is 0. The molecule has 3 rings (SSSR count). The van der Waals surface area contributed by atoms with Crippen LogP contribution in [0, 0.1) is 6.92 Å². The zero-order valence-electron chi connectivity index (χ0n) is 16.0. The molecule has 150 valence electrons. The first kappa shape index (κ1) is 20.5. The number of hydrogen-bond acceptors (Lipinski definition) is 6. The molecule has 3 aromatic rings. The van der Waals surface area contributed by atoms with Gasteiger partial charge in [-0.1, -0.05) is 47.6 Å². The van der Waals surface area contributed by atoms with Crippen LogP contribution >= 0.6 is 0 Å². The first-order valence-corrected chi connectivity index (χ1v) is 10.5. The molecule has 0 saturated carbocycles. The smallest absolute Gasteiger partial charge is 0.339 e. The topological polar surface area (TPSA) is 98.5 Å². The highest BCUT2D eigenvalue weighted by Crippen LogP contribution is 2.22. The summed E-state index contributed by atoms with van der Waals surface area (Å²) in [5, 5.41) is 6.33. The van der Waals surface area contributed by atoms with Gasteiger partial charge < -0.3 is 14.6 Å². The Hall–Kier alpha value is -3.26. The average molecular weight is 412 g/mol. The summed E-state index contributed by atoms with van der Waals surface area (Å²) < 4.78 is 21.9. The maximum atomic E-state index is 12.8. The first-order valence-electron chi connectivity index (χ1n) is 8.81. The number of amides is 1.